The van der Waals surface area contributed by atoms with Gasteiger partial charge in [-0.1, -0.05) is 37.3 Å². The van der Waals surface area contributed by atoms with Crippen molar-refractivity contribution < 1.29 is 15.0 Å². The second kappa shape index (κ2) is 7.69. The summed E-state index contributed by atoms with van der Waals surface area (Å²) >= 11 is 0. The Morgan fingerprint density at radius 1 is 1.35 bits per heavy atom. The highest BCUT2D eigenvalue weighted by atomic mass is 16.4. The van der Waals surface area contributed by atoms with E-state index < -0.39 is 18.0 Å². The number of aliphatic hydroxyl groups excluding tert-OH is 1. The first-order valence-corrected chi connectivity index (χ1v) is 7.55. The van der Waals surface area contributed by atoms with Crippen LogP contribution in [0.1, 0.15) is 37.3 Å². The van der Waals surface area contributed by atoms with E-state index in [0.29, 0.717) is 13.0 Å². The van der Waals surface area contributed by atoms with E-state index in [9.17, 15) is 9.90 Å². The summed E-state index contributed by atoms with van der Waals surface area (Å²) in [6, 6.07) is 7.35. The van der Waals surface area contributed by atoms with Gasteiger partial charge in [0.15, 0.2) is 0 Å². The molecule has 0 spiro atoms. The number of aromatic nitrogens is 3. The van der Waals surface area contributed by atoms with Crippen molar-refractivity contribution in [1.82, 2.24) is 14.8 Å². The fourth-order valence-electron chi connectivity index (χ4n) is 2.29. The van der Waals surface area contributed by atoms with Crippen molar-refractivity contribution in [2.24, 2.45) is 0 Å². The highest BCUT2D eigenvalue weighted by Gasteiger charge is 2.14. The highest BCUT2D eigenvalue weighted by Crippen LogP contribution is 2.19. The number of nitrogens with zero attached hydrogens (tertiary/aromatic N) is 3. The Hall–Kier alpha value is -2.47. The molecule has 0 aliphatic rings. The first-order chi connectivity index (χ1) is 11.0. The van der Waals surface area contributed by atoms with Crippen molar-refractivity contribution in [2.45, 2.75) is 38.8 Å². The number of hydrogen-bond acceptors (Lipinski definition) is 4. The molecule has 2 aromatic rings. The summed E-state index contributed by atoms with van der Waals surface area (Å²) in [6.45, 7) is 4.00. The van der Waals surface area contributed by atoms with Crippen molar-refractivity contribution in [2.75, 3.05) is 0 Å². The van der Waals surface area contributed by atoms with Crippen LogP contribution in [0.4, 0.5) is 0 Å². The Morgan fingerprint density at radius 3 is 2.57 bits per heavy atom. The molecule has 0 aliphatic heterocycles. The highest BCUT2D eigenvalue weighted by molar-refractivity contribution is 5.75. The summed E-state index contributed by atoms with van der Waals surface area (Å²) in [4.78, 5) is 14.8. The lowest BCUT2D eigenvalue weighted by atomic mass is 9.98. The van der Waals surface area contributed by atoms with E-state index in [0.717, 1.165) is 16.7 Å². The van der Waals surface area contributed by atoms with Gasteiger partial charge >= 0.3 is 5.97 Å². The van der Waals surface area contributed by atoms with Crippen LogP contribution in [0.3, 0.4) is 0 Å². The number of carbonyl (C=O) groups is 1. The van der Waals surface area contributed by atoms with Gasteiger partial charge < -0.3 is 10.2 Å². The maximum Gasteiger partial charge on any atom is 0.310 e. The first kappa shape index (κ1) is 16.9. The molecule has 23 heavy (non-hydrogen) atoms. The minimum absolute atomic E-state index is 0.355. The molecule has 0 saturated heterocycles. The Labute approximate surface area is 135 Å². The quantitative estimate of drug-likeness (QED) is 0.818. The number of carboxylic acid groups (broad SMARTS) is 1. The minimum atomic E-state index is -0.842. The van der Waals surface area contributed by atoms with Gasteiger partial charge in [0.2, 0.25) is 0 Å². The number of aliphatic hydroxyl groups is 1. The van der Waals surface area contributed by atoms with Crippen molar-refractivity contribution in [3.8, 4) is 0 Å². The third kappa shape index (κ3) is 4.50. The van der Waals surface area contributed by atoms with E-state index in [4.69, 9.17) is 5.11 Å². The molecule has 0 aliphatic carbocycles. The molecule has 0 radical (unpaired) electrons. The monoisotopic (exact) mass is 315 g/mol. The second-order valence-corrected chi connectivity index (χ2v) is 5.43. The number of aliphatic carboxylic acids is 1. The summed E-state index contributed by atoms with van der Waals surface area (Å²) in [7, 11) is 0. The maximum absolute atomic E-state index is 11.0. The number of benzene rings is 1. The van der Waals surface area contributed by atoms with Gasteiger partial charge in [-0.05, 0) is 30.0 Å². The van der Waals surface area contributed by atoms with Gasteiger partial charge in [0, 0.05) is 0 Å². The third-order valence-corrected chi connectivity index (χ3v) is 3.82. The lowest BCUT2D eigenvalue weighted by Gasteiger charge is -2.14. The van der Waals surface area contributed by atoms with Crippen LogP contribution in [0.25, 0.3) is 6.08 Å². The van der Waals surface area contributed by atoms with Crippen LogP contribution in [0.15, 0.2) is 42.5 Å². The fraction of sp³-hybridized carbons (Fsp3) is 0.353. The zero-order chi connectivity index (χ0) is 16.8. The van der Waals surface area contributed by atoms with Crippen LogP contribution in [0.5, 0.6) is 0 Å². The van der Waals surface area contributed by atoms with Crippen LogP contribution < -0.4 is 0 Å². The zero-order valence-corrected chi connectivity index (χ0v) is 13.3. The number of hydrogen-bond donors (Lipinski definition) is 2. The van der Waals surface area contributed by atoms with E-state index in [1.165, 1.54) is 6.33 Å². The van der Waals surface area contributed by atoms with Crippen molar-refractivity contribution in [3.63, 3.8) is 0 Å². The van der Waals surface area contributed by atoms with Crippen LogP contribution in [-0.4, -0.2) is 37.1 Å². The van der Waals surface area contributed by atoms with E-state index in [1.54, 1.807) is 17.9 Å². The smallest absolute Gasteiger partial charge is 0.310 e. The molecular formula is C17H21N3O3. The molecule has 0 saturated carbocycles. The summed E-state index contributed by atoms with van der Waals surface area (Å²) < 4.78 is 1.59. The number of carboxylic acids is 1. The van der Waals surface area contributed by atoms with Gasteiger partial charge in [0.1, 0.15) is 12.7 Å². The van der Waals surface area contributed by atoms with Crippen molar-refractivity contribution >= 4 is 12.0 Å². The third-order valence-electron chi connectivity index (χ3n) is 3.82. The normalized spacial score (nSPS) is 14.5. The molecule has 0 bridgehead atoms. The Morgan fingerprint density at radius 2 is 2.04 bits per heavy atom. The summed E-state index contributed by atoms with van der Waals surface area (Å²) in [5, 5.41) is 23.3. The lowest BCUT2D eigenvalue weighted by molar-refractivity contribution is -0.138. The summed E-state index contributed by atoms with van der Waals surface area (Å²) in [6.07, 6.45) is 5.00. The van der Waals surface area contributed by atoms with E-state index in [1.807, 2.05) is 37.3 Å². The fourth-order valence-corrected chi connectivity index (χ4v) is 2.29. The lowest BCUT2D eigenvalue weighted by Crippen LogP contribution is -2.18. The number of rotatable bonds is 7. The largest absolute Gasteiger partial charge is 0.481 e. The maximum atomic E-state index is 11.0. The molecule has 2 atom stereocenters. The molecule has 2 unspecified atom stereocenters. The van der Waals surface area contributed by atoms with Gasteiger partial charge in [-0.15, -0.1) is 0 Å². The molecule has 1 aromatic carbocycles. The first-order valence-electron chi connectivity index (χ1n) is 7.55. The van der Waals surface area contributed by atoms with Gasteiger partial charge in [0.05, 0.1) is 18.6 Å². The topological polar surface area (TPSA) is 88.2 Å². The van der Waals surface area contributed by atoms with Crippen molar-refractivity contribution in [3.05, 3.63) is 53.6 Å². The minimum Gasteiger partial charge on any atom is -0.481 e. The molecule has 2 rings (SSSR count). The van der Waals surface area contributed by atoms with Crippen LogP contribution in [-0.2, 0) is 11.3 Å². The Balaban J connectivity index is 2.12. The Bertz CT molecular complexity index is 663. The van der Waals surface area contributed by atoms with E-state index in [2.05, 4.69) is 10.1 Å². The van der Waals surface area contributed by atoms with Crippen molar-refractivity contribution in [1.29, 1.82) is 0 Å². The average Bonchev–Trinajstić information content (AvgIpc) is 3.05. The van der Waals surface area contributed by atoms with Gasteiger partial charge in [-0.3, -0.25) is 9.48 Å². The molecule has 1 heterocycles. The van der Waals surface area contributed by atoms with E-state index >= 15 is 0 Å². The van der Waals surface area contributed by atoms with Crippen LogP contribution in [0, 0.1) is 0 Å². The van der Waals surface area contributed by atoms with Gasteiger partial charge in [-0.2, -0.15) is 5.10 Å². The SMILES string of the molecule is CCC(=Cc1ccc(C(C)C(=O)O)cc1)C(O)Cn1cncn1. The second-order valence-electron chi connectivity index (χ2n) is 5.43. The summed E-state index contributed by atoms with van der Waals surface area (Å²) in [5.74, 6) is -1.37. The van der Waals surface area contributed by atoms with Crippen LogP contribution in [0.2, 0.25) is 0 Å². The van der Waals surface area contributed by atoms with Gasteiger partial charge in [-0.25, -0.2) is 4.98 Å². The average molecular weight is 315 g/mol. The molecule has 122 valence electrons. The predicted molar refractivity (Wildman–Crippen MR) is 86.8 cm³/mol. The predicted octanol–water partition coefficient (Wildman–Crippen LogP) is 2.32. The van der Waals surface area contributed by atoms with E-state index in [-0.39, 0.29) is 0 Å². The molecule has 6 heteroatoms. The zero-order valence-electron chi connectivity index (χ0n) is 13.3. The standard InChI is InChI=1S/C17H21N3O3/c1-3-14(16(21)9-20-11-18-10-19-20)8-13-4-6-15(7-5-13)12(2)17(22)23/h4-8,10-12,16,21H,3,9H2,1-2H3,(H,22,23). The molecule has 2 N–H and O–H groups in total. The molecule has 1 aromatic heterocycles. The summed E-state index contributed by atoms with van der Waals surface area (Å²) in [5.41, 5.74) is 2.58. The Kier molecular flexibility index (Phi) is 5.65. The molecule has 6 nitrogen and oxygen atoms in total. The molecular weight excluding hydrogens is 294 g/mol. The molecule has 0 amide bonds. The van der Waals surface area contributed by atoms with Gasteiger partial charge in [0.25, 0.3) is 0 Å². The molecule has 0 fully saturated rings. The van der Waals surface area contributed by atoms with Crippen LogP contribution >= 0.6 is 0 Å².